The van der Waals surface area contributed by atoms with Crippen molar-refractivity contribution in [2.45, 2.75) is 40.7 Å². The largest absolute Gasteiger partial charge is 0.357 e. The van der Waals surface area contributed by atoms with Gasteiger partial charge in [-0.3, -0.25) is 14.5 Å². The van der Waals surface area contributed by atoms with Gasteiger partial charge in [0.1, 0.15) is 0 Å². The Hall–Kier alpha value is -2.05. The molecule has 1 heterocycles. The fraction of sp³-hybridized carbons (Fsp3) is 0.667. The van der Waals surface area contributed by atoms with E-state index in [0.717, 1.165) is 37.7 Å². The van der Waals surface area contributed by atoms with Crippen LogP contribution in [0, 0.1) is 13.8 Å². The molecule has 7 nitrogen and oxygen atoms in total. The highest BCUT2D eigenvalue weighted by Crippen LogP contribution is 2.02. The summed E-state index contributed by atoms with van der Waals surface area (Å²) in [6.45, 7) is 11.3. The lowest BCUT2D eigenvalue weighted by molar-refractivity contribution is -0.118. The van der Waals surface area contributed by atoms with Crippen molar-refractivity contribution >= 4 is 11.9 Å². The van der Waals surface area contributed by atoms with Crippen molar-refractivity contribution in [2.75, 3.05) is 26.2 Å². The third-order valence-electron chi connectivity index (χ3n) is 3.04. The lowest BCUT2D eigenvalue weighted by Gasteiger charge is -2.11. The zero-order chi connectivity index (χ0) is 16.4. The minimum Gasteiger partial charge on any atom is -0.357 e. The summed E-state index contributed by atoms with van der Waals surface area (Å²) in [6.07, 6.45) is 0.935. The number of guanidine groups is 1. The number of hydrogen-bond donors (Lipinski definition) is 3. The highest BCUT2D eigenvalue weighted by Gasteiger charge is 2.00. The van der Waals surface area contributed by atoms with Gasteiger partial charge in [0.05, 0.1) is 5.69 Å². The minimum absolute atomic E-state index is 0.0198. The van der Waals surface area contributed by atoms with Crippen molar-refractivity contribution in [3.05, 3.63) is 17.5 Å². The summed E-state index contributed by atoms with van der Waals surface area (Å²) in [6, 6.07) is 2.08. The third kappa shape index (κ3) is 7.10. The predicted octanol–water partition coefficient (Wildman–Crippen LogP) is 0.581. The van der Waals surface area contributed by atoms with Gasteiger partial charge in [-0.1, -0.05) is 0 Å². The number of carbonyl (C=O) groups excluding carboxylic acids is 1. The molecule has 0 aromatic carbocycles. The first-order valence-electron chi connectivity index (χ1n) is 7.80. The molecular formula is C15H28N6O. The summed E-state index contributed by atoms with van der Waals surface area (Å²) < 4.78 is 2.02. The van der Waals surface area contributed by atoms with Crippen molar-refractivity contribution in [3.8, 4) is 0 Å². The van der Waals surface area contributed by atoms with Crippen LogP contribution < -0.4 is 16.0 Å². The second kappa shape index (κ2) is 9.81. The molecule has 0 atom stereocenters. The lowest BCUT2D eigenvalue weighted by Crippen LogP contribution is -2.41. The van der Waals surface area contributed by atoms with Crippen molar-refractivity contribution in [1.29, 1.82) is 0 Å². The van der Waals surface area contributed by atoms with Gasteiger partial charge in [-0.15, -0.1) is 0 Å². The predicted molar refractivity (Wildman–Crippen MR) is 89.0 cm³/mol. The Balaban J connectivity index is 2.32. The fourth-order valence-electron chi connectivity index (χ4n) is 2.07. The molecule has 0 fully saturated rings. The molecule has 0 saturated carbocycles. The average molecular weight is 308 g/mol. The molecule has 0 aliphatic rings. The van der Waals surface area contributed by atoms with E-state index in [1.165, 1.54) is 12.6 Å². The first kappa shape index (κ1) is 18.0. The topological polar surface area (TPSA) is 83.3 Å². The quantitative estimate of drug-likeness (QED) is 0.373. The van der Waals surface area contributed by atoms with Gasteiger partial charge < -0.3 is 16.0 Å². The van der Waals surface area contributed by atoms with Gasteiger partial charge >= 0.3 is 0 Å². The van der Waals surface area contributed by atoms with Crippen LogP contribution in [0.25, 0.3) is 0 Å². The first-order valence-corrected chi connectivity index (χ1v) is 7.80. The van der Waals surface area contributed by atoms with Gasteiger partial charge in [0, 0.05) is 45.3 Å². The van der Waals surface area contributed by atoms with Crippen molar-refractivity contribution in [3.63, 3.8) is 0 Å². The molecule has 0 aliphatic carbocycles. The molecule has 124 valence electrons. The summed E-state index contributed by atoms with van der Waals surface area (Å²) in [4.78, 5) is 15.3. The maximum Gasteiger partial charge on any atom is 0.216 e. The maximum absolute atomic E-state index is 10.8. The average Bonchev–Trinajstić information content (AvgIpc) is 2.77. The molecule has 1 rings (SSSR count). The Labute approximate surface area is 132 Å². The number of aliphatic imine (C=N–C) groups is 1. The monoisotopic (exact) mass is 308 g/mol. The number of aryl methyl sites for hydroxylation is 3. The lowest BCUT2D eigenvalue weighted by atomic mass is 10.4. The highest BCUT2D eigenvalue weighted by molar-refractivity contribution is 5.79. The third-order valence-corrected chi connectivity index (χ3v) is 3.04. The summed E-state index contributed by atoms with van der Waals surface area (Å²) in [5.41, 5.74) is 2.23. The van der Waals surface area contributed by atoms with E-state index in [0.29, 0.717) is 13.1 Å². The number of rotatable bonds is 8. The van der Waals surface area contributed by atoms with E-state index in [1.54, 1.807) is 0 Å². The van der Waals surface area contributed by atoms with Gasteiger partial charge in [-0.2, -0.15) is 5.10 Å². The van der Waals surface area contributed by atoms with Gasteiger partial charge in [-0.25, -0.2) is 0 Å². The van der Waals surface area contributed by atoms with Crippen LogP contribution in [0.4, 0.5) is 0 Å². The van der Waals surface area contributed by atoms with Gasteiger partial charge in [0.25, 0.3) is 0 Å². The second-order valence-electron chi connectivity index (χ2n) is 5.17. The van der Waals surface area contributed by atoms with E-state index in [9.17, 15) is 4.79 Å². The van der Waals surface area contributed by atoms with Crippen LogP contribution in [0.3, 0.4) is 0 Å². The van der Waals surface area contributed by atoms with Crippen LogP contribution >= 0.6 is 0 Å². The summed E-state index contributed by atoms with van der Waals surface area (Å²) >= 11 is 0. The SMILES string of the molecule is CCNC(=NCCCn1nc(C)cc1C)NCCNC(C)=O. The minimum atomic E-state index is -0.0198. The standard InChI is InChI=1S/C15H28N6O/c1-5-16-15(19-9-8-17-14(4)22)18-7-6-10-21-13(3)11-12(2)20-21/h11H,5-10H2,1-4H3,(H,17,22)(H2,16,18,19). The molecule has 1 aromatic rings. The number of nitrogens with zero attached hydrogens (tertiary/aromatic N) is 3. The van der Waals surface area contributed by atoms with Gasteiger partial charge in [-0.05, 0) is 33.3 Å². The molecule has 0 aliphatic heterocycles. The zero-order valence-corrected chi connectivity index (χ0v) is 14.1. The number of hydrogen-bond acceptors (Lipinski definition) is 3. The Morgan fingerprint density at radius 1 is 1.27 bits per heavy atom. The molecule has 0 spiro atoms. The summed E-state index contributed by atoms with van der Waals surface area (Å²) in [7, 11) is 0. The number of aromatic nitrogens is 2. The van der Waals surface area contributed by atoms with E-state index < -0.39 is 0 Å². The molecule has 0 saturated heterocycles. The molecular weight excluding hydrogens is 280 g/mol. The second-order valence-corrected chi connectivity index (χ2v) is 5.17. The van der Waals surface area contributed by atoms with Crippen LogP contribution in [0.5, 0.6) is 0 Å². The molecule has 0 radical (unpaired) electrons. The number of nitrogens with one attached hydrogen (secondary N) is 3. The Morgan fingerprint density at radius 3 is 2.59 bits per heavy atom. The molecule has 7 heteroatoms. The number of carbonyl (C=O) groups is 1. The number of amides is 1. The van der Waals surface area contributed by atoms with E-state index in [-0.39, 0.29) is 5.91 Å². The van der Waals surface area contributed by atoms with E-state index in [2.05, 4.69) is 39.0 Å². The van der Waals surface area contributed by atoms with Crippen LogP contribution in [0.2, 0.25) is 0 Å². The summed E-state index contributed by atoms with van der Waals surface area (Å²) in [5.74, 6) is 0.759. The van der Waals surface area contributed by atoms with Crippen LogP contribution in [-0.2, 0) is 11.3 Å². The molecule has 1 aromatic heterocycles. The van der Waals surface area contributed by atoms with Gasteiger partial charge in [0.2, 0.25) is 5.91 Å². The molecule has 1 amide bonds. The molecule has 3 N–H and O–H groups in total. The zero-order valence-electron chi connectivity index (χ0n) is 14.1. The normalized spacial score (nSPS) is 11.4. The molecule has 0 bridgehead atoms. The highest BCUT2D eigenvalue weighted by atomic mass is 16.1. The summed E-state index contributed by atoms with van der Waals surface area (Å²) in [5, 5.41) is 13.6. The van der Waals surface area contributed by atoms with E-state index in [1.807, 2.05) is 18.5 Å². The first-order chi connectivity index (χ1) is 10.5. The Morgan fingerprint density at radius 2 is 2.00 bits per heavy atom. The van der Waals surface area contributed by atoms with Crippen molar-refractivity contribution in [1.82, 2.24) is 25.7 Å². The van der Waals surface area contributed by atoms with Crippen molar-refractivity contribution < 1.29 is 4.79 Å². The Bertz CT molecular complexity index is 494. The van der Waals surface area contributed by atoms with E-state index >= 15 is 0 Å². The van der Waals surface area contributed by atoms with Crippen LogP contribution in [-0.4, -0.2) is 47.8 Å². The van der Waals surface area contributed by atoms with Crippen LogP contribution in [0.15, 0.2) is 11.1 Å². The van der Waals surface area contributed by atoms with Crippen molar-refractivity contribution in [2.24, 2.45) is 4.99 Å². The smallest absolute Gasteiger partial charge is 0.216 e. The van der Waals surface area contributed by atoms with E-state index in [4.69, 9.17) is 0 Å². The maximum atomic E-state index is 10.8. The van der Waals surface area contributed by atoms with Crippen LogP contribution in [0.1, 0.15) is 31.7 Å². The van der Waals surface area contributed by atoms with Gasteiger partial charge in [0.15, 0.2) is 5.96 Å². The molecule has 22 heavy (non-hydrogen) atoms. The molecule has 0 unspecified atom stereocenters. The Kier molecular flexibility index (Phi) is 8.03. The fourth-order valence-corrected chi connectivity index (χ4v) is 2.07.